The summed E-state index contributed by atoms with van der Waals surface area (Å²) in [5, 5.41) is 104. The van der Waals surface area contributed by atoms with Gasteiger partial charge in [-0.15, -0.1) is 0 Å². The van der Waals surface area contributed by atoms with Crippen molar-refractivity contribution in [1.82, 2.24) is 0 Å². The maximum absolute atomic E-state index is 10.1. The van der Waals surface area contributed by atoms with Gasteiger partial charge in [0.05, 0.1) is 13.2 Å². The molecule has 0 aliphatic carbocycles. The summed E-state index contributed by atoms with van der Waals surface area (Å²) in [6.07, 6.45) is -15.7. The van der Waals surface area contributed by atoms with E-state index in [0.717, 1.165) is 0 Å². The van der Waals surface area contributed by atoms with Crippen LogP contribution in [0.5, 0.6) is 0 Å². The van der Waals surface area contributed by atoms with Crippen LogP contribution in [0.2, 0.25) is 0 Å². The minimum atomic E-state index is -2.20. The summed E-state index contributed by atoms with van der Waals surface area (Å²) in [5.74, 6) is -3.45. The topological polar surface area (TPSA) is 277 Å². The van der Waals surface area contributed by atoms with Crippen molar-refractivity contribution < 1.29 is 87.9 Å². The van der Waals surface area contributed by atoms with Gasteiger partial charge < -0.3 is 61.3 Å². The van der Waals surface area contributed by atoms with E-state index in [2.05, 4.69) is 0 Å². The molecule has 0 bridgehead atoms. The average molecular weight is 456 g/mol. The molecule has 0 aromatic carbocycles. The molecule has 0 saturated heterocycles. The fourth-order valence-electron chi connectivity index (χ4n) is 1.34. The minimum Gasteiger partial charge on any atom is -0.479 e. The molecule has 0 heterocycles. The van der Waals surface area contributed by atoms with Crippen LogP contribution in [0.1, 0.15) is 0 Å². The molecule has 0 aliphatic rings. The van der Waals surface area contributed by atoms with E-state index >= 15 is 0 Å². The summed E-state index contributed by atoms with van der Waals surface area (Å²) in [5.41, 5.74) is 0. The van der Waals surface area contributed by atoms with Crippen LogP contribution < -0.4 is 0 Å². The van der Waals surface area contributed by atoms with E-state index in [-0.39, 0.29) is 17.1 Å². The number of aliphatic hydroxyl groups is 10. The van der Waals surface area contributed by atoms with Crippen molar-refractivity contribution in [3.8, 4) is 0 Å². The SMILES string of the molecule is O=C(O)[C@H](O)[C@H](O)[C@@H](O)[C@H](O)CO.O=C(O)[C@H](O)[C@H](O)[C@@H](O)[C@H](O)CO.[Cu]. The molecular formula is C12H24CuO14. The van der Waals surface area contributed by atoms with Gasteiger partial charge in [-0.1, -0.05) is 0 Å². The van der Waals surface area contributed by atoms with Gasteiger partial charge in [0, 0.05) is 17.1 Å². The third-order valence-electron chi connectivity index (χ3n) is 3.02. The van der Waals surface area contributed by atoms with E-state index in [1.54, 1.807) is 0 Å². The van der Waals surface area contributed by atoms with Crippen LogP contribution in [0.15, 0.2) is 0 Å². The average Bonchev–Trinajstić information content (AvgIpc) is 2.62. The molecule has 1 radical (unpaired) electrons. The predicted molar refractivity (Wildman–Crippen MR) is 77.5 cm³/mol. The van der Waals surface area contributed by atoms with Gasteiger partial charge in [0.25, 0.3) is 0 Å². The van der Waals surface area contributed by atoms with E-state index in [9.17, 15) is 9.59 Å². The fraction of sp³-hybridized carbons (Fsp3) is 0.833. The summed E-state index contributed by atoms with van der Waals surface area (Å²) in [7, 11) is 0. The van der Waals surface area contributed by atoms with Gasteiger partial charge in [-0.25, -0.2) is 9.59 Å². The molecule has 0 unspecified atom stereocenters. The van der Waals surface area contributed by atoms with E-state index in [0.29, 0.717) is 0 Å². The van der Waals surface area contributed by atoms with Gasteiger partial charge in [0.2, 0.25) is 0 Å². The summed E-state index contributed by atoms with van der Waals surface area (Å²) < 4.78 is 0. The maximum atomic E-state index is 10.1. The first-order chi connectivity index (χ1) is 11.8. The molecule has 12 N–H and O–H groups in total. The maximum Gasteiger partial charge on any atom is 0.335 e. The molecule has 0 rings (SSSR count). The smallest absolute Gasteiger partial charge is 0.335 e. The molecule has 0 aliphatic heterocycles. The Labute approximate surface area is 162 Å². The molecule has 0 saturated carbocycles. The minimum absolute atomic E-state index is 0. The molecule has 14 nitrogen and oxygen atoms in total. The number of hydrogen-bond donors (Lipinski definition) is 12. The van der Waals surface area contributed by atoms with Crippen molar-refractivity contribution >= 4 is 11.9 Å². The normalized spacial score (nSPS) is 19.6. The summed E-state index contributed by atoms with van der Waals surface area (Å²) in [6.45, 7) is -1.69. The Hall–Kier alpha value is -0.941. The van der Waals surface area contributed by atoms with E-state index < -0.39 is 74.0 Å². The zero-order chi connectivity index (χ0) is 21.2. The van der Waals surface area contributed by atoms with Crippen LogP contribution in [0.4, 0.5) is 0 Å². The number of aliphatic hydroxyl groups excluding tert-OH is 10. The van der Waals surface area contributed by atoms with Crippen molar-refractivity contribution in [3.63, 3.8) is 0 Å². The third-order valence-corrected chi connectivity index (χ3v) is 3.02. The van der Waals surface area contributed by atoms with E-state index in [1.165, 1.54) is 0 Å². The third kappa shape index (κ3) is 10.8. The number of aliphatic carboxylic acids is 2. The van der Waals surface area contributed by atoms with Crippen LogP contribution in [-0.2, 0) is 26.7 Å². The van der Waals surface area contributed by atoms with Gasteiger partial charge in [-0.05, 0) is 0 Å². The Bertz CT molecular complexity index is 385. The Balaban J connectivity index is -0.000000411. The Morgan fingerprint density at radius 3 is 0.926 bits per heavy atom. The predicted octanol–water partition coefficient (Wildman–Crippen LogP) is -6.99. The second-order valence-corrected chi connectivity index (χ2v) is 5.03. The van der Waals surface area contributed by atoms with Gasteiger partial charge in [0.15, 0.2) is 12.2 Å². The Morgan fingerprint density at radius 2 is 0.778 bits per heavy atom. The van der Waals surface area contributed by atoms with Crippen LogP contribution in [0, 0.1) is 0 Å². The standard InChI is InChI=1S/2C6H12O7.Cu/c2*7-1-2(8)3(9)4(10)5(11)6(12)13;/h2*2-5,7-11H,1H2,(H,12,13);/t2*2-,3+,4-,5-;/m11./s1. The van der Waals surface area contributed by atoms with Crippen molar-refractivity contribution in [1.29, 1.82) is 0 Å². The van der Waals surface area contributed by atoms with Crippen molar-refractivity contribution in [2.24, 2.45) is 0 Å². The largest absolute Gasteiger partial charge is 0.479 e. The first kappa shape index (κ1) is 30.8. The second-order valence-electron chi connectivity index (χ2n) is 5.03. The summed E-state index contributed by atoms with van der Waals surface area (Å²) in [4.78, 5) is 20.2. The molecule has 0 spiro atoms. The molecule has 8 atom stereocenters. The zero-order valence-electron chi connectivity index (χ0n) is 13.5. The van der Waals surface area contributed by atoms with E-state index in [1.807, 2.05) is 0 Å². The number of carboxylic acid groups (broad SMARTS) is 2. The molecule has 167 valence electrons. The van der Waals surface area contributed by atoms with Gasteiger partial charge in [0.1, 0.15) is 36.6 Å². The second kappa shape index (κ2) is 15.0. The molecule has 0 fully saturated rings. The molecule has 0 aromatic rings. The molecule has 15 heteroatoms. The number of carboxylic acids is 2. The van der Waals surface area contributed by atoms with Crippen molar-refractivity contribution in [2.45, 2.75) is 48.8 Å². The van der Waals surface area contributed by atoms with Gasteiger partial charge >= 0.3 is 11.9 Å². The molecule has 0 aromatic heterocycles. The first-order valence-corrected chi connectivity index (χ1v) is 6.95. The first-order valence-electron chi connectivity index (χ1n) is 6.95. The molecule has 0 amide bonds. The van der Waals surface area contributed by atoms with E-state index in [4.69, 9.17) is 61.3 Å². The van der Waals surface area contributed by atoms with Crippen molar-refractivity contribution in [3.05, 3.63) is 0 Å². The van der Waals surface area contributed by atoms with Crippen LogP contribution >= 0.6 is 0 Å². The zero-order valence-corrected chi connectivity index (χ0v) is 14.5. The summed E-state index contributed by atoms with van der Waals surface area (Å²) >= 11 is 0. The van der Waals surface area contributed by atoms with Gasteiger partial charge in [-0.2, -0.15) is 0 Å². The van der Waals surface area contributed by atoms with Crippen LogP contribution in [-0.4, -0.2) is 135 Å². The quantitative estimate of drug-likeness (QED) is 0.136. The van der Waals surface area contributed by atoms with Gasteiger partial charge in [-0.3, -0.25) is 0 Å². The van der Waals surface area contributed by atoms with Crippen LogP contribution in [0.25, 0.3) is 0 Å². The molecular weight excluding hydrogens is 432 g/mol. The Morgan fingerprint density at radius 1 is 0.556 bits per heavy atom. The van der Waals surface area contributed by atoms with Crippen molar-refractivity contribution in [2.75, 3.05) is 13.2 Å². The number of carbonyl (C=O) groups is 2. The monoisotopic (exact) mass is 455 g/mol. The van der Waals surface area contributed by atoms with Crippen LogP contribution in [0.3, 0.4) is 0 Å². The molecule has 27 heavy (non-hydrogen) atoms. The number of rotatable bonds is 10. The summed E-state index contributed by atoms with van der Waals surface area (Å²) in [6, 6.07) is 0. The number of hydrogen-bond acceptors (Lipinski definition) is 12. The fourth-order valence-corrected chi connectivity index (χ4v) is 1.34. The Kier molecular flexibility index (Phi) is 17.1.